The fraction of sp³-hybridized carbons (Fsp3) is 0.167. The van der Waals surface area contributed by atoms with Gasteiger partial charge in [0.1, 0.15) is 16.3 Å². The molecule has 94 valence electrons. The fourth-order valence-corrected chi connectivity index (χ4v) is 2.67. The van der Waals surface area contributed by atoms with E-state index in [-0.39, 0.29) is 5.82 Å². The van der Waals surface area contributed by atoms with Crippen LogP contribution >= 0.6 is 39.9 Å². The van der Waals surface area contributed by atoms with Gasteiger partial charge in [-0.3, -0.25) is 0 Å². The van der Waals surface area contributed by atoms with Crippen LogP contribution in [0.4, 0.5) is 4.39 Å². The van der Waals surface area contributed by atoms with Crippen molar-refractivity contribution in [1.29, 1.82) is 0 Å². The molecule has 0 aliphatic heterocycles. The van der Waals surface area contributed by atoms with E-state index >= 15 is 0 Å². The second-order valence-electron chi connectivity index (χ2n) is 3.67. The molecule has 1 heterocycles. The second-order valence-corrected chi connectivity index (χ2v) is 5.90. The zero-order valence-electron chi connectivity index (χ0n) is 9.54. The zero-order valence-corrected chi connectivity index (χ0v) is 12.8. The van der Waals surface area contributed by atoms with Crippen LogP contribution in [0.25, 0.3) is 0 Å². The molecule has 0 radical (unpaired) electrons. The third kappa shape index (κ3) is 3.40. The van der Waals surface area contributed by atoms with Crippen molar-refractivity contribution in [2.45, 2.75) is 17.6 Å². The number of aryl methyl sites for hydroxylation is 1. The molecule has 0 bridgehead atoms. The van der Waals surface area contributed by atoms with E-state index in [9.17, 15) is 4.39 Å². The molecule has 2 rings (SSSR count). The maximum Gasteiger partial charge on any atom is 0.144 e. The number of thioether (sulfide) groups is 1. The Labute approximate surface area is 122 Å². The highest BCUT2D eigenvalue weighted by Gasteiger charge is 2.04. The molecule has 0 atom stereocenters. The lowest BCUT2D eigenvalue weighted by Gasteiger charge is -2.05. The Hall–Kier alpha value is -0.720. The highest BCUT2D eigenvalue weighted by molar-refractivity contribution is 9.10. The number of aromatic nitrogens is 2. The number of rotatable bonds is 3. The lowest BCUT2D eigenvalue weighted by atomic mass is 10.4. The van der Waals surface area contributed by atoms with E-state index in [1.807, 2.05) is 13.0 Å². The van der Waals surface area contributed by atoms with Gasteiger partial charge in [0, 0.05) is 10.6 Å². The second kappa shape index (κ2) is 5.95. The third-order valence-electron chi connectivity index (χ3n) is 2.26. The maximum absolute atomic E-state index is 13.0. The van der Waals surface area contributed by atoms with Gasteiger partial charge in [0.15, 0.2) is 0 Å². The average Bonchev–Trinajstić information content (AvgIpc) is 2.33. The molecule has 0 spiro atoms. The first kappa shape index (κ1) is 13.7. The molecular formula is C12H10BrFN2S2. The molecule has 0 aliphatic carbocycles. The van der Waals surface area contributed by atoms with Crippen LogP contribution in [-0.4, -0.2) is 9.97 Å². The number of H-pyrrole nitrogens is 1. The predicted octanol–water partition coefficient (Wildman–Crippen LogP) is 4.64. The molecule has 0 unspecified atom stereocenters. The van der Waals surface area contributed by atoms with E-state index in [1.54, 1.807) is 6.07 Å². The van der Waals surface area contributed by atoms with Crippen LogP contribution in [0.1, 0.15) is 11.5 Å². The van der Waals surface area contributed by atoms with Gasteiger partial charge in [-0.2, -0.15) is 0 Å². The lowest BCUT2D eigenvalue weighted by Crippen LogP contribution is -1.97. The average molecular weight is 345 g/mol. The van der Waals surface area contributed by atoms with Crippen molar-refractivity contribution in [2.75, 3.05) is 0 Å². The molecule has 0 aliphatic rings. The molecule has 0 saturated heterocycles. The van der Waals surface area contributed by atoms with E-state index < -0.39 is 0 Å². The molecule has 0 amide bonds. The largest absolute Gasteiger partial charge is 0.346 e. The monoisotopic (exact) mass is 344 g/mol. The molecule has 1 N–H and O–H groups in total. The minimum atomic E-state index is -0.229. The van der Waals surface area contributed by atoms with Crippen molar-refractivity contribution < 1.29 is 4.39 Å². The molecule has 18 heavy (non-hydrogen) atoms. The normalized spacial score (nSPS) is 10.6. The maximum atomic E-state index is 13.0. The smallest absolute Gasteiger partial charge is 0.144 e. The summed E-state index contributed by atoms with van der Waals surface area (Å²) in [5.41, 5.74) is 0.949. The SMILES string of the molecule is Cc1[nH]c(CSc2cccc(F)c2)nc(=S)c1Br. The van der Waals surface area contributed by atoms with Crippen molar-refractivity contribution in [3.05, 3.63) is 50.7 Å². The van der Waals surface area contributed by atoms with Crippen LogP contribution in [-0.2, 0) is 5.75 Å². The van der Waals surface area contributed by atoms with E-state index in [1.165, 1.54) is 23.9 Å². The quantitative estimate of drug-likeness (QED) is 0.649. The molecule has 1 aromatic heterocycles. The van der Waals surface area contributed by atoms with Crippen LogP contribution in [0, 0.1) is 17.4 Å². The highest BCUT2D eigenvalue weighted by Crippen LogP contribution is 2.23. The third-order valence-corrected chi connectivity index (χ3v) is 4.79. The van der Waals surface area contributed by atoms with Crippen LogP contribution in [0.3, 0.4) is 0 Å². The van der Waals surface area contributed by atoms with Gasteiger partial charge in [0.2, 0.25) is 0 Å². The van der Waals surface area contributed by atoms with Crippen LogP contribution in [0.5, 0.6) is 0 Å². The summed E-state index contributed by atoms with van der Waals surface area (Å²) in [4.78, 5) is 8.30. The number of benzene rings is 1. The molecule has 0 saturated carbocycles. The number of nitrogens with zero attached hydrogens (tertiary/aromatic N) is 1. The van der Waals surface area contributed by atoms with Crippen LogP contribution < -0.4 is 0 Å². The van der Waals surface area contributed by atoms with Gasteiger partial charge in [0.05, 0.1) is 10.2 Å². The molecule has 2 nitrogen and oxygen atoms in total. The topological polar surface area (TPSA) is 28.7 Å². The van der Waals surface area contributed by atoms with Gasteiger partial charge in [-0.15, -0.1) is 11.8 Å². The number of halogens is 2. The summed E-state index contributed by atoms with van der Waals surface area (Å²) in [5.74, 6) is 1.18. The first-order valence-corrected chi connectivity index (χ1v) is 7.38. The molecule has 1 aromatic carbocycles. The first-order valence-electron chi connectivity index (χ1n) is 5.20. The van der Waals surface area contributed by atoms with Crippen molar-refractivity contribution in [2.24, 2.45) is 0 Å². The van der Waals surface area contributed by atoms with E-state index in [2.05, 4.69) is 25.9 Å². The Morgan fingerprint density at radius 1 is 1.50 bits per heavy atom. The minimum absolute atomic E-state index is 0.229. The van der Waals surface area contributed by atoms with Crippen LogP contribution in [0.15, 0.2) is 33.6 Å². The van der Waals surface area contributed by atoms with Crippen molar-refractivity contribution in [1.82, 2.24) is 9.97 Å². The Morgan fingerprint density at radius 2 is 2.28 bits per heavy atom. The molecule has 6 heteroatoms. The summed E-state index contributed by atoms with van der Waals surface area (Å²) >= 11 is 10.0. The van der Waals surface area contributed by atoms with Gasteiger partial charge in [-0.05, 0) is 41.1 Å². The Kier molecular flexibility index (Phi) is 4.53. The Balaban J connectivity index is 2.14. The number of nitrogens with one attached hydrogen (secondary N) is 1. The Morgan fingerprint density at radius 3 is 2.94 bits per heavy atom. The molecule has 2 aromatic rings. The standard InChI is InChI=1S/C12H10BrFN2S2/c1-7-11(13)12(17)16-10(15-7)6-18-9-4-2-3-8(14)5-9/h2-5H,6H2,1H3,(H,15,16,17). The summed E-state index contributed by atoms with van der Waals surface area (Å²) in [6.07, 6.45) is 0. The summed E-state index contributed by atoms with van der Waals surface area (Å²) in [6.45, 7) is 1.93. The van der Waals surface area contributed by atoms with Gasteiger partial charge >= 0.3 is 0 Å². The van der Waals surface area contributed by atoms with E-state index in [0.717, 1.165) is 20.9 Å². The highest BCUT2D eigenvalue weighted by atomic mass is 79.9. The summed E-state index contributed by atoms with van der Waals surface area (Å²) in [6, 6.07) is 6.50. The van der Waals surface area contributed by atoms with Crippen molar-refractivity contribution in [3.63, 3.8) is 0 Å². The fourth-order valence-electron chi connectivity index (χ4n) is 1.41. The summed E-state index contributed by atoms with van der Waals surface area (Å²) in [5, 5.41) is 0. The predicted molar refractivity (Wildman–Crippen MR) is 77.8 cm³/mol. The zero-order chi connectivity index (χ0) is 13.1. The summed E-state index contributed by atoms with van der Waals surface area (Å²) in [7, 11) is 0. The van der Waals surface area contributed by atoms with Crippen LogP contribution in [0.2, 0.25) is 0 Å². The Bertz CT molecular complexity index is 628. The van der Waals surface area contributed by atoms with Gasteiger partial charge in [-0.25, -0.2) is 9.37 Å². The van der Waals surface area contributed by atoms with Crippen molar-refractivity contribution >= 4 is 39.9 Å². The van der Waals surface area contributed by atoms with Gasteiger partial charge in [-0.1, -0.05) is 18.3 Å². The lowest BCUT2D eigenvalue weighted by molar-refractivity contribution is 0.624. The van der Waals surface area contributed by atoms with E-state index in [0.29, 0.717) is 10.4 Å². The molecule has 0 fully saturated rings. The van der Waals surface area contributed by atoms with E-state index in [4.69, 9.17) is 12.2 Å². The number of hydrogen-bond acceptors (Lipinski definition) is 3. The first-order chi connectivity index (χ1) is 8.56. The van der Waals surface area contributed by atoms with Gasteiger partial charge < -0.3 is 4.98 Å². The summed E-state index contributed by atoms with van der Waals surface area (Å²) < 4.78 is 14.4. The molecular weight excluding hydrogens is 335 g/mol. The van der Waals surface area contributed by atoms with Gasteiger partial charge in [0.25, 0.3) is 0 Å². The van der Waals surface area contributed by atoms with Crippen molar-refractivity contribution in [3.8, 4) is 0 Å². The number of aromatic amines is 1. The number of hydrogen-bond donors (Lipinski definition) is 1. The minimum Gasteiger partial charge on any atom is -0.346 e.